The number of rotatable bonds is 3. The first kappa shape index (κ1) is 12.0. The maximum absolute atomic E-state index is 5.84. The van der Waals surface area contributed by atoms with Crippen LogP contribution in [-0.4, -0.2) is 20.2 Å². The molecule has 0 bridgehead atoms. The van der Waals surface area contributed by atoms with E-state index in [2.05, 4.69) is 41.7 Å². The highest BCUT2D eigenvalue weighted by Gasteiger charge is 2.20. The minimum atomic E-state index is 0.655. The van der Waals surface area contributed by atoms with Gasteiger partial charge in [0.05, 0.1) is 0 Å². The van der Waals surface area contributed by atoms with E-state index in [1.54, 1.807) is 0 Å². The van der Waals surface area contributed by atoms with E-state index in [1.807, 2.05) is 25.2 Å². The summed E-state index contributed by atoms with van der Waals surface area (Å²) in [6.07, 6.45) is 0. The van der Waals surface area contributed by atoms with Crippen LogP contribution in [0.3, 0.4) is 0 Å². The molecule has 19 heavy (non-hydrogen) atoms. The van der Waals surface area contributed by atoms with Crippen LogP contribution in [0.4, 0.5) is 0 Å². The zero-order valence-corrected chi connectivity index (χ0v) is 11.0. The number of hydrogen-bond donors (Lipinski definition) is 1. The Bertz CT molecular complexity index is 602. The third kappa shape index (κ3) is 2.27. The van der Waals surface area contributed by atoms with Crippen molar-refractivity contribution in [3.63, 3.8) is 0 Å². The third-order valence-corrected chi connectivity index (χ3v) is 3.36. The number of nitrogens with one attached hydrogen (secondary N) is 1. The molecule has 2 aromatic carbocycles. The van der Waals surface area contributed by atoms with E-state index in [0.29, 0.717) is 6.61 Å². The van der Waals surface area contributed by atoms with Crippen LogP contribution in [-0.2, 0) is 0 Å². The second-order valence-electron chi connectivity index (χ2n) is 4.66. The molecular formula is C17H17NO. The first-order valence-corrected chi connectivity index (χ1v) is 6.54. The monoisotopic (exact) mass is 251 g/mol. The molecule has 2 aromatic rings. The Labute approximate surface area is 113 Å². The van der Waals surface area contributed by atoms with Crippen LogP contribution in [0, 0.1) is 0 Å². The Morgan fingerprint density at radius 2 is 1.74 bits per heavy atom. The van der Waals surface area contributed by atoms with Gasteiger partial charge in [0.2, 0.25) is 0 Å². The van der Waals surface area contributed by atoms with Crippen molar-refractivity contribution in [1.29, 1.82) is 0 Å². The van der Waals surface area contributed by atoms with Crippen LogP contribution in [0.15, 0.2) is 60.2 Å². The molecule has 0 radical (unpaired) electrons. The number of ether oxygens (including phenoxy) is 1. The largest absolute Gasteiger partial charge is 0.489 e. The molecule has 0 spiro atoms. The summed E-state index contributed by atoms with van der Waals surface area (Å²) in [4.78, 5) is 0. The average molecular weight is 251 g/mol. The van der Waals surface area contributed by atoms with Crippen molar-refractivity contribution < 1.29 is 4.74 Å². The summed E-state index contributed by atoms with van der Waals surface area (Å²) in [5.41, 5.74) is 5.04. The molecule has 0 saturated heterocycles. The van der Waals surface area contributed by atoms with Crippen LogP contribution in [0.1, 0.15) is 11.1 Å². The smallest absolute Gasteiger partial charge is 0.127 e. The Kier molecular flexibility index (Phi) is 3.34. The van der Waals surface area contributed by atoms with E-state index in [-0.39, 0.29) is 0 Å². The number of hydrogen-bond acceptors (Lipinski definition) is 2. The van der Waals surface area contributed by atoms with Gasteiger partial charge in [0.15, 0.2) is 0 Å². The zero-order valence-electron chi connectivity index (χ0n) is 11.0. The molecular weight excluding hydrogens is 234 g/mol. The minimum absolute atomic E-state index is 0.655. The van der Waals surface area contributed by atoms with Gasteiger partial charge in [-0.15, -0.1) is 0 Å². The van der Waals surface area contributed by atoms with E-state index in [0.717, 1.165) is 12.3 Å². The van der Waals surface area contributed by atoms with Gasteiger partial charge in [-0.25, -0.2) is 0 Å². The molecule has 2 nitrogen and oxygen atoms in total. The van der Waals surface area contributed by atoms with E-state index < -0.39 is 0 Å². The topological polar surface area (TPSA) is 21.3 Å². The van der Waals surface area contributed by atoms with Crippen molar-refractivity contribution >= 4 is 5.57 Å². The molecule has 96 valence electrons. The van der Waals surface area contributed by atoms with Gasteiger partial charge in [0, 0.05) is 12.1 Å². The molecule has 1 N–H and O–H groups in total. The molecule has 2 heteroatoms. The van der Waals surface area contributed by atoms with E-state index in [4.69, 9.17) is 4.74 Å². The lowest BCUT2D eigenvalue weighted by Crippen LogP contribution is -2.21. The first-order chi connectivity index (χ1) is 9.40. The fraction of sp³-hybridized carbons (Fsp3) is 0.176. The van der Waals surface area contributed by atoms with E-state index in [9.17, 15) is 0 Å². The molecule has 1 aliphatic heterocycles. The van der Waals surface area contributed by atoms with Crippen molar-refractivity contribution in [2.45, 2.75) is 0 Å². The van der Waals surface area contributed by atoms with Crippen LogP contribution in [0.5, 0.6) is 5.75 Å². The summed E-state index contributed by atoms with van der Waals surface area (Å²) in [7, 11) is 1.97. The minimum Gasteiger partial charge on any atom is -0.489 e. The summed E-state index contributed by atoms with van der Waals surface area (Å²) < 4.78 is 5.84. The van der Waals surface area contributed by atoms with Crippen molar-refractivity contribution in [1.82, 2.24) is 5.32 Å². The van der Waals surface area contributed by atoms with Crippen LogP contribution in [0.2, 0.25) is 0 Å². The Balaban J connectivity index is 2.18. The molecule has 1 heterocycles. The highest BCUT2D eigenvalue weighted by Crippen LogP contribution is 2.36. The lowest BCUT2D eigenvalue weighted by atomic mass is 9.91. The van der Waals surface area contributed by atoms with E-state index >= 15 is 0 Å². The van der Waals surface area contributed by atoms with Crippen molar-refractivity contribution in [2.24, 2.45) is 0 Å². The van der Waals surface area contributed by atoms with Gasteiger partial charge in [-0.1, -0.05) is 48.5 Å². The fourth-order valence-corrected chi connectivity index (χ4v) is 2.54. The van der Waals surface area contributed by atoms with Gasteiger partial charge in [-0.3, -0.25) is 0 Å². The summed E-state index contributed by atoms with van der Waals surface area (Å²) in [6, 6.07) is 18.8. The van der Waals surface area contributed by atoms with E-state index in [1.165, 1.54) is 22.3 Å². The number of fused-ring (bicyclic) bond motifs is 1. The predicted octanol–water partition coefficient (Wildman–Crippen LogP) is 3.10. The van der Waals surface area contributed by atoms with Gasteiger partial charge in [-0.2, -0.15) is 0 Å². The standard InChI is InChI=1S/C17H17NO/c1-18-11-14-12-19-16-10-6-5-9-15(16)17(14)13-7-3-2-4-8-13/h2-10,18H,11-12H2,1H3. The normalized spacial score (nSPS) is 13.9. The maximum Gasteiger partial charge on any atom is 0.127 e. The summed E-state index contributed by atoms with van der Waals surface area (Å²) in [6.45, 7) is 1.50. The predicted molar refractivity (Wildman–Crippen MR) is 78.3 cm³/mol. The quantitative estimate of drug-likeness (QED) is 0.905. The number of benzene rings is 2. The Morgan fingerprint density at radius 3 is 2.53 bits per heavy atom. The molecule has 3 rings (SSSR count). The number of likely N-dealkylation sites (N-methyl/N-ethyl adjacent to an activating group) is 1. The molecule has 0 saturated carbocycles. The summed E-state index contributed by atoms with van der Waals surface area (Å²) >= 11 is 0. The molecule has 0 aliphatic carbocycles. The van der Waals surface area contributed by atoms with Crippen molar-refractivity contribution in [3.8, 4) is 5.75 Å². The van der Waals surface area contributed by atoms with Crippen LogP contribution >= 0.6 is 0 Å². The molecule has 0 fully saturated rings. The average Bonchev–Trinajstić information content (AvgIpc) is 2.48. The van der Waals surface area contributed by atoms with Crippen molar-refractivity contribution in [3.05, 3.63) is 71.3 Å². The molecule has 0 unspecified atom stereocenters. The fourth-order valence-electron chi connectivity index (χ4n) is 2.54. The summed E-state index contributed by atoms with van der Waals surface area (Å²) in [5, 5.41) is 3.23. The highest BCUT2D eigenvalue weighted by atomic mass is 16.5. The molecule has 0 atom stereocenters. The second-order valence-corrected chi connectivity index (χ2v) is 4.66. The summed E-state index contributed by atoms with van der Waals surface area (Å²) in [5.74, 6) is 0.973. The lowest BCUT2D eigenvalue weighted by molar-refractivity contribution is 0.342. The molecule has 1 aliphatic rings. The number of para-hydroxylation sites is 1. The van der Waals surface area contributed by atoms with Gasteiger partial charge >= 0.3 is 0 Å². The highest BCUT2D eigenvalue weighted by molar-refractivity contribution is 5.86. The van der Waals surface area contributed by atoms with Gasteiger partial charge in [0.1, 0.15) is 12.4 Å². The van der Waals surface area contributed by atoms with Crippen molar-refractivity contribution in [2.75, 3.05) is 20.2 Å². The third-order valence-electron chi connectivity index (χ3n) is 3.36. The molecule has 0 amide bonds. The maximum atomic E-state index is 5.84. The van der Waals surface area contributed by atoms with Crippen LogP contribution in [0.25, 0.3) is 5.57 Å². The van der Waals surface area contributed by atoms with Crippen LogP contribution < -0.4 is 10.1 Å². The Hall–Kier alpha value is -2.06. The zero-order chi connectivity index (χ0) is 13.1. The van der Waals surface area contributed by atoms with Gasteiger partial charge < -0.3 is 10.1 Å². The van der Waals surface area contributed by atoms with Gasteiger partial charge in [-0.05, 0) is 29.8 Å². The van der Waals surface area contributed by atoms with Gasteiger partial charge in [0.25, 0.3) is 0 Å². The molecule has 0 aromatic heterocycles. The SMILES string of the molecule is CNCC1=C(c2ccccc2)c2ccccc2OC1. The first-order valence-electron chi connectivity index (χ1n) is 6.54. The Morgan fingerprint density at radius 1 is 1.00 bits per heavy atom. The lowest BCUT2D eigenvalue weighted by Gasteiger charge is -2.24. The second kappa shape index (κ2) is 5.29.